The predicted octanol–water partition coefficient (Wildman–Crippen LogP) is 18.9. The third-order valence-corrected chi connectivity index (χ3v) is 21.1. The molecule has 20 rings (SSSR count). The number of hydrogen-bond donors (Lipinski definition) is 8. The highest BCUT2D eigenvalue weighted by atomic mass is 16.5. The number of nitrogens with one attached hydrogen (secondary N) is 8. The topological polar surface area (TPSA) is 371 Å². The van der Waals surface area contributed by atoms with Crippen LogP contribution in [0.2, 0.25) is 0 Å². The summed E-state index contributed by atoms with van der Waals surface area (Å²) in [5.74, 6) is 3.43. The van der Waals surface area contributed by atoms with Crippen LogP contribution in [-0.4, -0.2) is 138 Å². The number of carbonyl (C=O) groups excluding carboxylic acids is 1. The molecule has 0 radical (unpaired) electrons. The van der Waals surface area contributed by atoms with Gasteiger partial charge in [-0.25, -0.2) is 62.7 Å². The van der Waals surface area contributed by atoms with Crippen molar-refractivity contribution in [3.8, 4) is 90.6 Å². The maximum Gasteiger partial charge on any atom is 0.337 e. The summed E-state index contributed by atoms with van der Waals surface area (Å²) in [5.41, 5.74) is 30.2. The molecule has 0 spiro atoms. The van der Waals surface area contributed by atoms with Crippen molar-refractivity contribution in [2.24, 2.45) is 0 Å². The number of aromatic nitrogens is 24. The van der Waals surface area contributed by atoms with E-state index in [1.54, 1.807) is 50.0 Å². The lowest BCUT2D eigenvalue weighted by atomic mass is 10.1. The molecule has 0 unspecified atom stereocenters. The van der Waals surface area contributed by atoms with Gasteiger partial charge < -0.3 is 50.7 Å². The quantitative estimate of drug-likeness (QED) is 0.0195. The van der Waals surface area contributed by atoms with E-state index in [0.29, 0.717) is 37.5 Å². The first kappa shape index (κ1) is 84.7. The molecule has 0 aliphatic heterocycles. The van der Waals surface area contributed by atoms with Crippen LogP contribution in [0, 0.1) is 27.7 Å². The van der Waals surface area contributed by atoms with Gasteiger partial charge in [-0.05, 0) is 210 Å². The summed E-state index contributed by atoms with van der Waals surface area (Å²) in [4.78, 5) is 80.7. The van der Waals surface area contributed by atoms with Crippen LogP contribution in [0.1, 0.15) is 87.0 Å². The van der Waals surface area contributed by atoms with E-state index in [2.05, 4.69) is 143 Å². The fourth-order valence-corrected chi connectivity index (χ4v) is 14.4. The van der Waals surface area contributed by atoms with Crippen LogP contribution in [0.4, 0.5) is 22.7 Å². The molecule has 0 atom stereocenters. The third kappa shape index (κ3) is 19.8. The van der Waals surface area contributed by atoms with Crippen molar-refractivity contribution >= 4 is 68.2 Å². The average Bonchev–Trinajstić information content (AvgIpc) is 1.63. The highest BCUT2D eigenvalue weighted by Crippen LogP contribution is 2.36. The molecule has 0 amide bonds. The number of allylic oxidation sites excluding steroid dienone is 2. The van der Waals surface area contributed by atoms with E-state index in [4.69, 9.17) is 44.4 Å². The van der Waals surface area contributed by atoms with Crippen molar-refractivity contribution in [1.29, 1.82) is 0 Å². The number of esters is 1. The molecule has 130 heavy (non-hydrogen) atoms. The summed E-state index contributed by atoms with van der Waals surface area (Å²) in [7, 11) is 2.98. The van der Waals surface area contributed by atoms with Gasteiger partial charge in [0.2, 0.25) is 0 Å². The highest BCUT2D eigenvalue weighted by Gasteiger charge is 2.23. The van der Waals surface area contributed by atoms with Crippen molar-refractivity contribution in [2.45, 2.75) is 67.7 Å². The summed E-state index contributed by atoms with van der Waals surface area (Å²) < 4.78 is 16.9. The lowest BCUT2D eigenvalue weighted by Crippen LogP contribution is -2.03. The van der Waals surface area contributed by atoms with Gasteiger partial charge in [-0.3, -0.25) is 19.9 Å². The van der Waals surface area contributed by atoms with Crippen molar-refractivity contribution in [2.75, 3.05) is 35.5 Å². The molecule has 31 heteroatoms. The first-order valence-corrected chi connectivity index (χ1v) is 41.6. The first-order chi connectivity index (χ1) is 63.3. The number of pyridine rings is 8. The summed E-state index contributed by atoms with van der Waals surface area (Å²) in [6, 6.07) is 71.0. The Kier molecular flexibility index (Phi) is 25.0. The Bertz CT molecular complexity index is 7490. The number of anilines is 4. The van der Waals surface area contributed by atoms with Crippen LogP contribution < -0.4 is 21.3 Å². The standard InChI is InChI=1S/C25H23N7O.2C25H23N7.C24H21N7O2/c1-16-6-4-9-21(29-16)25-24(19-10-11-23-27-15-28-32(23)14-19)30-22(31-25)13-26-20-8-5-7-18(12-20)17(2)33-3;1-16(2)18-7-5-8-20(12-18)26-13-22-30-24(19-10-11-23-27-15-28-32(23)14-19)25(31-22)21-9-4-6-17(3)29-21;1-16(2)18-7-10-20(11-8-18)26-13-22-30-24(19-9-12-23-27-15-28-32(23)14-19)25(31-22)21-6-4-5-17(3)29-21;1-15-4-3-5-19(28-15)23-22(17-8-11-21-26-14-27-31(21)13-17)29-20(30-23)12-25-18-9-6-16(7-10-18)24(32)33-2/h4-12,14-15,26H,2,13H2,1,3H3,(H,30,31);2*4-12,14-15,26H,1,13H2,2-3H3,(H,30,31);3-11,13-14,25H,12H2,1-2H3,(H,29,30). The smallest absolute Gasteiger partial charge is 0.337 e. The average molecular weight is 1720 g/mol. The van der Waals surface area contributed by atoms with E-state index in [0.717, 1.165) is 210 Å². The Morgan fingerprint density at radius 1 is 0.323 bits per heavy atom. The van der Waals surface area contributed by atoms with Gasteiger partial charge in [0.15, 0.2) is 22.6 Å². The van der Waals surface area contributed by atoms with Gasteiger partial charge in [0, 0.05) is 98.1 Å². The van der Waals surface area contributed by atoms with E-state index in [9.17, 15) is 4.79 Å². The second-order valence-electron chi connectivity index (χ2n) is 30.6. The minimum atomic E-state index is -0.364. The number of imidazole rings is 4. The van der Waals surface area contributed by atoms with E-state index in [-0.39, 0.29) is 5.97 Å². The van der Waals surface area contributed by atoms with Gasteiger partial charge >= 0.3 is 5.97 Å². The van der Waals surface area contributed by atoms with Gasteiger partial charge in [0.25, 0.3) is 0 Å². The number of nitrogens with zero attached hydrogens (tertiary/aromatic N) is 20. The molecule has 0 bridgehead atoms. The number of carbonyl (C=O) groups is 1. The second-order valence-corrected chi connectivity index (χ2v) is 30.6. The number of rotatable bonds is 25. The Hall–Kier alpha value is -17.5. The molecule has 0 saturated heterocycles. The van der Waals surface area contributed by atoms with Crippen LogP contribution in [0.15, 0.2) is 288 Å². The zero-order valence-electron chi connectivity index (χ0n) is 72.5. The zero-order valence-corrected chi connectivity index (χ0v) is 72.5. The van der Waals surface area contributed by atoms with Gasteiger partial charge in [-0.2, -0.15) is 20.4 Å². The lowest BCUT2D eigenvalue weighted by Gasteiger charge is -2.08. The summed E-state index contributed by atoms with van der Waals surface area (Å²) in [6.07, 6.45) is 13.8. The van der Waals surface area contributed by atoms with E-state index in [1.807, 2.05) is 236 Å². The zero-order chi connectivity index (χ0) is 89.7. The van der Waals surface area contributed by atoms with Gasteiger partial charge in [0.05, 0.1) is 114 Å². The normalized spacial score (nSPS) is 11.0. The number of hydrogen-bond acceptors (Lipinski definition) is 23. The maximum absolute atomic E-state index is 11.6. The van der Waals surface area contributed by atoms with Crippen LogP contribution in [-0.2, 0) is 35.7 Å². The molecule has 0 aliphatic rings. The fourth-order valence-electron chi connectivity index (χ4n) is 14.4. The summed E-state index contributed by atoms with van der Waals surface area (Å²) in [5, 5.41) is 30.7. The number of fused-ring (bicyclic) bond motifs is 4. The molecule has 644 valence electrons. The number of methoxy groups -OCH3 is 2. The predicted molar refractivity (Wildman–Crippen MR) is 506 cm³/mol. The summed E-state index contributed by atoms with van der Waals surface area (Å²) >= 11 is 0. The molecule has 16 aromatic heterocycles. The minimum Gasteiger partial charge on any atom is -0.497 e. The monoisotopic (exact) mass is 1720 g/mol. The highest BCUT2D eigenvalue weighted by molar-refractivity contribution is 5.90. The van der Waals surface area contributed by atoms with Crippen LogP contribution >= 0.6 is 0 Å². The Morgan fingerprint density at radius 2 is 0.615 bits per heavy atom. The molecule has 16 heterocycles. The van der Waals surface area contributed by atoms with Crippen molar-refractivity contribution in [1.82, 2.24) is 118 Å². The number of benzene rings is 4. The SMILES string of the molecule is C=C(C)c1ccc(NCc2nc(-c3ccc4ncnn4c3)c(-c3cccc(C)n3)[nH]2)cc1.C=C(C)c1cccc(NCc2nc(-c3ccc4ncnn4c3)c(-c3cccc(C)n3)[nH]2)c1.C=C(OC)c1cccc(NCc2nc(-c3ccc4ncnn4c3)c(-c3cccc(C)n3)[nH]2)c1.COC(=O)c1ccc(NCc2nc(-c3ccc4ncnn4c3)c(-c3cccc(C)n3)[nH]2)cc1. The number of aryl methyl sites for hydroxylation is 4. The molecular formula is C99H90N28O3. The number of H-pyrrole nitrogens is 4. The van der Waals surface area contributed by atoms with Gasteiger partial charge in [-0.1, -0.05) is 91.5 Å². The van der Waals surface area contributed by atoms with Crippen molar-refractivity contribution < 1.29 is 14.3 Å². The largest absolute Gasteiger partial charge is 0.497 e. The molecule has 0 aliphatic carbocycles. The van der Waals surface area contributed by atoms with Crippen LogP contribution in [0.5, 0.6) is 0 Å². The molecule has 4 aromatic carbocycles. The third-order valence-electron chi connectivity index (χ3n) is 21.1. The molecule has 31 nitrogen and oxygen atoms in total. The molecule has 0 fully saturated rings. The van der Waals surface area contributed by atoms with Crippen molar-refractivity contribution in [3.05, 3.63) is 357 Å². The Balaban J connectivity index is 0.000000121. The van der Waals surface area contributed by atoms with Crippen molar-refractivity contribution in [3.63, 3.8) is 0 Å². The molecular weight excluding hydrogens is 1630 g/mol. The minimum absolute atomic E-state index is 0.364. The molecule has 20 aromatic rings. The second kappa shape index (κ2) is 38.3. The van der Waals surface area contributed by atoms with Gasteiger partial charge in [0.1, 0.15) is 54.4 Å². The fraction of sp³-hybridized carbons (Fsp3) is 0.121. The van der Waals surface area contributed by atoms with E-state index in [1.165, 1.54) is 19.8 Å². The Labute approximate surface area is 746 Å². The Morgan fingerprint density at radius 3 is 0.915 bits per heavy atom. The van der Waals surface area contributed by atoms with Crippen LogP contribution in [0.3, 0.4) is 0 Å². The van der Waals surface area contributed by atoms with Crippen LogP contribution in [0.25, 0.3) is 130 Å². The lowest BCUT2D eigenvalue weighted by molar-refractivity contribution is 0.0600. The number of aromatic amines is 4. The van der Waals surface area contributed by atoms with Gasteiger partial charge in [-0.15, -0.1) is 0 Å². The summed E-state index contributed by atoms with van der Waals surface area (Å²) in [6.45, 7) is 25.9. The number of ether oxygens (including phenoxy) is 2. The maximum atomic E-state index is 11.6. The van der Waals surface area contributed by atoms with E-state index < -0.39 is 0 Å². The molecule has 0 saturated carbocycles. The molecule has 8 N–H and O–H groups in total. The first-order valence-electron chi connectivity index (χ1n) is 41.6. The van der Waals surface area contributed by atoms with E-state index >= 15 is 0 Å².